The van der Waals surface area contributed by atoms with Crippen LogP contribution in [0, 0.1) is 0 Å². The van der Waals surface area contributed by atoms with Crippen LogP contribution in [0.5, 0.6) is 0 Å². The van der Waals surface area contributed by atoms with Crippen molar-refractivity contribution in [3.63, 3.8) is 0 Å². The van der Waals surface area contributed by atoms with Crippen molar-refractivity contribution < 1.29 is 4.42 Å². The summed E-state index contributed by atoms with van der Waals surface area (Å²) in [5.41, 5.74) is 0.918. The Kier molecular flexibility index (Phi) is 2.97. The molecular weight excluding hydrogens is 268 g/mol. The summed E-state index contributed by atoms with van der Waals surface area (Å²) in [4.78, 5) is 4.50. The molecule has 0 aliphatic rings. The van der Waals surface area contributed by atoms with Crippen molar-refractivity contribution in [3.05, 3.63) is 47.4 Å². The van der Waals surface area contributed by atoms with Crippen LogP contribution in [0.25, 0.3) is 10.2 Å². The molecule has 1 aromatic carbocycles. The van der Waals surface area contributed by atoms with E-state index in [2.05, 4.69) is 10.3 Å². The molecule has 0 fully saturated rings. The molecular formula is C13H11ClN2OS. The van der Waals surface area contributed by atoms with Gasteiger partial charge in [-0.3, -0.25) is 0 Å². The van der Waals surface area contributed by atoms with Crippen LogP contribution in [0.3, 0.4) is 0 Å². The summed E-state index contributed by atoms with van der Waals surface area (Å²) in [6.07, 6.45) is 1.67. The zero-order chi connectivity index (χ0) is 12.5. The minimum Gasteiger partial charge on any atom is -0.467 e. The van der Waals surface area contributed by atoms with E-state index in [4.69, 9.17) is 16.0 Å². The van der Waals surface area contributed by atoms with Crippen molar-refractivity contribution >= 4 is 38.3 Å². The third-order valence-corrected chi connectivity index (χ3v) is 4.14. The first-order valence-electron chi connectivity index (χ1n) is 5.59. The molecule has 0 amide bonds. The maximum atomic E-state index is 6.13. The van der Waals surface area contributed by atoms with Crippen molar-refractivity contribution in [1.29, 1.82) is 0 Å². The van der Waals surface area contributed by atoms with Gasteiger partial charge in [0.2, 0.25) is 0 Å². The van der Waals surface area contributed by atoms with E-state index >= 15 is 0 Å². The monoisotopic (exact) mass is 278 g/mol. The van der Waals surface area contributed by atoms with Gasteiger partial charge in [-0.25, -0.2) is 4.98 Å². The van der Waals surface area contributed by atoms with Gasteiger partial charge >= 0.3 is 0 Å². The minimum atomic E-state index is 0.0827. The number of rotatable bonds is 3. The summed E-state index contributed by atoms with van der Waals surface area (Å²) in [5, 5.41) is 4.90. The van der Waals surface area contributed by atoms with Crippen LogP contribution in [0.1, 0.15) is 18.7 Å². The number of benzene rings is 1. The fourth-order valence-corrected chi connectivity index (χ4v) is 3.01. The first-order chi connectivity index (χ1) is 8.74. The highest BCUT2D eigenvalue weighted by molar-refractivity contribution is 7.22. The lowest BCUT2D eigenvalue weighted by Crippen LogP contribution is -2.04. The average Bonchev–Trinajstić information content (AvgIpc) is 2.97. The highest BCUT2D eigenvalue weighted by Gasteiger charge is 2.12. The molecule has 0 saturated carbocycles. The summed E-state index contributed by atoms with van der Waals surface area (Å²) in [5.74, 6) is 0.889. The lowest BCUT2D eigenvalue weighted by Gasteiger charge is -2.08. The van der Waals surface area contributed by atoms with E-state index in [-0.39, 0.29) is 6.04 Å². The normalized spacial score (nSPS) is 12.8. The lowest BCUT2D eigenvalue weighted by atomic mass is 10.3. The Morgan fingerprint density at radius 3 is 2.94 bits per heavy atom. The van der Waals surface area contributed by atoms with E-state index < -0.39 is 0 Å². The van der Waals surface area contributed by atoms with Crippen LogP contribution in [-0.4, -0.2) is 4.98 Å². The Hall–Kier alpha value is -1.52. The Morgan fingerprint density at radius 1 is 1.33 bits per heavy atom. The number of hydrogen-bond acceptors (Lipinski definition) is 4. The molecule has 5 heteroatoms. The van der Waals surface area contributed by atoms with Crippen LogP contribution in [-0.2, 0) is 0 Å². The largest absolute Gasteiger partial charge is 0.467 e. The quantitative estimate of drug-likeness (QED) is 0.753. The average molecular weight is 279 g/mol. The van der Waals surface area contributed by atoms with Crippen LogP contribution in [0.4, 0.5) is 5.13 Å². The van der Waals surface area contributed by atoms with E-state index in [0.29, 0.717) is 0 Å². The van der Waals surface area contributed by atoms with E-state index in [0.717, 1.165) is 26.1 Å². The zero-order valence-corrected chi connectivity index (χ0v) is 11.3. The number of nitrogens with zero attached hydrogens (tertiary/aromatic N) is 1. The van der Waals surface area contributed by atoms with Gasteiger partial charge in [0.05, 0.1) is 27.5 Å². The van der Waals surface area contributed by atoms with Crippen LogP contribution >= 0.6 is 22.9 Å². The molecule has 0 spiro atoms. The molecule has 1 unspecified atom stereocenters. The highest BCUT2D eigenvalue weighted by atomic mass is 35.5. The summed E-state index contributed by atoms with van der Waals surface area (Å²) < 4.78 is 6.36. The van der Waals surface area contributed by atoms with E-state index in [1.165, 1.54) is 0 Å². The summed E-state index contributed by atoms with van der Waals surface area (Å²) in [7, 11) is 0. The smallest absolute Gasteiger partial charge is 0.184 e. The van der Waals surface area contributed by atoms with Crippen molar-refractivity contribution in [2.75, 3.05) is 5.32 Å². The van der Waals surface area contributed by atoms with Gasteiger partial charge in [-0.15, -0.1) is 0 Å². The lowest BCUT2D eigenvalue weighted by molar-refractivity contribution is 0.490. The maximum Gasteiger partial charge on any atom is 0.184 e. The van der Waals surface area contributed by atoms with Crippen molar-refractivity contribution in [3.8, 4) is 0 Å². The van der Waals surface area contributed by atoms with Crippen LogP contribution in [0.2, 0.25) is 5.02 Å². The summed E-state index contributed by atoms with van der Waals surface area (Å²) in [6.45, 7) is 2.03. The second-order valence-corrected chi connectivity index (χ2v) is 5.39. The van der Waals surface area contributed by atoms with Crippen molar-refractivity contribution in [2.24, 2.45) is 0 Å². The van der Waals surface area contributed by atoms with Gasteiger partial charge in [0.15, 0.2) is 5.13 Å². The number of aromatic nitrogens is 1. The molecule has 2 aromatic heterocycles. The van der Waals surface area contributed by atoms with Crippen LogP contribution in [0.15, 0.2) is 41.0 Å². The Bertz CT molecular complexity index is 663. The molecule has 0 bridgehead atoms. The second-order valence-electron chi connectivity index (χ2n) is 3.99. The molecule has 2 heterocycles. The molecule has 92 valence electrons. The molecule has 0 saturated heterocycles. The number of thiazole rings is 1. The Labute approximate surface area is 113 Å². The number of fused-ring (bicyclic) bond motifs is 1. The molecule has 1 N–H and O–H groups in total. The predicted octanol–water partition coefficient (Wildman–Crippen LogP) is 4.72. The van der Waals surface area contributed by atoms with Gasteiger partial charge < -0.3 is 9.73 Å². The molecule has 1 atom stereocenters. The molecule has 3 rings (SSSR count). The summed E-state index contributed by atoms with van der Waals surface area (Å²) >= 11 is 7.68. The van der Waals surface area contributed by atoms with Crippen LogP contribution < -0.4 is 5.32 Å². The molecule has 3 nitrogen and oxygen atoms in total. The third kappa shape index (κ3) is 2.09. The topological polar surface area (TPSA) is 38.1 Å². The fourth-order valence-electron chi connectivity index (χ4n) is 1.77. The number of halogens is 1. The van der Waals surface area contributed by atoms with Crippen molar-refractivity contribution in [2.45, 2.75) is 13.0 Å². The van der Waals surface area contributed by atoms with Gasteiger partial charge in [-0.05, 0) is 31.2 Å². The van der Waals surface area contributed by atoms with Gasteiger partial charge in [-0.1, -0.05) is 29.0 Å². The number of nitrogens with one attached hydrogen (secondary N) is 1. The minimum absolute atomic E-state index is 0.0827. The first-order valence-corrected chi connectivity index (χ1v) is 6.78. The molecule has 0 aliphatic heterocycles. The zero-order valence-electron chi connectivity index (χ0n) is 9.68. The first kappa shape index (κ1) is 11.6. The maximum absolute atomic E-state index is 6.13. The second kappa shape index (κ2) is 4.63. The van der Waals surface area contributed by atoms with E-state index in [9.17, 15) is 0 Å². The predicted molar refractivity (Wildman–Crippen MR) is 75.4 cm³/mol. The van der Waals surface area contributed by atoms with E-state index in [1.54, 1.807) is 17.6 Å². The van der Waals surface area contributed by atoms with Crippen molar-refractivity contribution in [1.82, 2.24) is 4.98 Å². The number of hydrogen-bond donors (Lipinski definition) is 1. The van der Waals surface area contributed by atoms with E-state index in [1.807, 2.05) is 37.3 Å². The third-order valence-electron chi connectivity index (χ3n) is 2.68. The standard InChI is InChI=1S/C13H11ClN2OS/c1-8(11-6-3-7-17-11)15-13-16-10-5-2-4-9(14)12(10)18-13/h2-8H,1H3,(H,15,16). The SMILES string of the molecule is CC(Nc1nc2cccc(Cl)c2s1)c1ccco1. The fraction of sp³-hybridized carbons (Fsp3) is 0.154. The summed E-state index contributed by atoms with van der Waals surface area (Å²) in [6, 6.07) is 9.65. The molecule has 0 radical (unpaired) electrons. The van der Waals surface area contributed by atoms with Gasteiger partial charge in [-0.2, -0.15) is 0 Å². The number of furan rings is 1. The Balaban J connectivity index is 1.89. The highest BCUT2D eigenvalue weighted by Crippen LogP contribution is 2.33. The van der Waals surface area contributed by atoms with Gasteiger partial charge in [0.25, 0.3) is 0 Å². The Morgan fingerprint density at radius 2 is 2.22 bits per heavy atom. The molecule has 0 aliphatic carbocycles. The molecule has 18 heavy (non-hydrogen) atoms. The number of anilines is 1. The molecule has 3 aromatic rings. The van der Waals surface area contributed by atoms with Gasteiger partial charge in [0, 0.05) is 0 Å². The van der Waals surface area contributed by atoms with Gasteiger partial charge in [0.1, 0.15) is 5.76 Å².